The van der Waals surface area contributed by atoms with Crippen molar-refractivity contribution in [3.63, 3.8) is 0 Å². The summed E-state index contributed by atoms with van der Waals surface area (Å²) in [5.41, 5.74) is 1.83. The molecular weight excluding hydrogens is 424 g/mol. The van der Waals surface area contributed by atoms with Crippen molar-refractivity contribution in [1.29, 1.82) is 0 Å². The first-order valence-corrected chi connectivity index (χ1v) is 10.1. The zero-order valence-electron chi connectivity index (χ0n) is 16.4. The summed E-state index contributed by atoms with van der Waals surface area (Å²) in [5, 5.41) is 0.917. The van der Waals surface area contributed by atoms with Gasteiger partial charge in [0.1, 0.15) is 5.60 Å². The fraction of sp³-hybridized carbons (Fsp3) is 0.450. The predicted octanol–water partition coefficient (Wildman–Crippen LogP) is 3.83. The first kappa shape index (κ1) is 19.0. The van der Waals surface area contributed by atoms with Gasteiger partial charge >= 0.3 is 11.8 Å². The predicted molar refractivity (Wildman–Crippen MR) is 112 cm³/mol. The van der Waals surface area contributed by atoms with Gasteiger partial charge in [-0.15, -0.1) is 0 Å². The van der Waals surface area contributed by atoms with Gasteiger partial charge in [0.25, 0.3) is 0 Å². The fourth-order valence-corrected chi connectivity index (χ4v) is 4.14. The molecule has 1 aliphatic heterocycles. The quantitative estimate of drug-likeness (QED) is 0.569. The van der Waals surface area contributed by atoms with Gasteiger partial charge in [-0.1, -0.05) is 15.9 Å². The van der Waals surface area contributed by atoms with Crippen LogP contribution in [0.25, 0.3) is 21.9 Å². The van der Waals surface area contributed by atoms with Gasteiger partial charge in [0.05, 0.1) is 28.8 Å². The van der Waals surface area contributed by atoms with Crippen LogP contribution in [0, 0.1) is 0 Å². The second-order valence-electron chi connectivity index (χ2n) is 8.23. The van der Waals surface area contributed by atoms with Crippen LogP contribution < -0.4 is 5.69 Å². The maximum Gasteiger partial charge on any atom is 0.410 e. The summed E-state index contributed by atoms with van der Waals surface area (Å²) in [4.78, 5) is 31.7. The van der Waals surface area contributed by atoms with Gasteiger partial charge < -0.3 is 9.64 Å². The van der Waals surface area contributed by atoms with Crippen LogP contribution in [-0.2, 0) is 11.8 Å². The standard InChI is InChI=1S/C20H23BrN4O3/c1-20(2,3)28-19(27)24-8-7-13(11-24)25-17-14-9-12(21)5-6-15(14)22-10-16(17)23(4)18(25)26/h5-6,9-10,13H,7-8,11H2,1-4H3/t13-/m0/s1. The lowest BCUT2D eigenvalue weighted by molar-refractivity contribution is 0.0289. The van der Waals surface area contributed by atoms with E-state index in [0.29, 0.717) is 19.5 Å². The van der Waals surface area contributed by atoms with Crippen LogP contribution in [-0.4, -0.2) is 43.8 Å². The maximum absolute atomic E-state index is 13.1. The number of halogens is 1. The number of benzene rings is 1. The van der Waals surface area contributed by atoms with E-state index in [0.717, 1.165) is 26.4 Å². The molecule has 1 amide bonds. The Morgan fingerprint density at radius 3 is 2.79 bits per heavy atom. The molecule has 8 heteroatoms. The van der Waals surface area contributed by atoms with Crippen LogP contribution in [0.2, 0.25) is 0 Å². The van der Waals surface area contributed by atoms with Gasteiger partial charge in [0.15, 0.2) is 0 Å². The number of hydrogen-bond acceptors (Lipinski definition) is 4. The summed E-state index contributed by atoms with van der Waals surface area (Å²) in [6, 6.07) is 5.75. The SMILES string of the molecule is Cn1c(=O)n([C@H]2CCN(C(=O)OC(C)(C)C)C2)c2c3cc(Br)ccc3ncc21. The minimum atomic E-state index is -0.542. The van der Waals surface area contributed by atoms with Crippen molar-refractivity contribution in [3.8, 4) is 0 Å². The summed E-state index contributed by atoms with van der Waals surface area (Å²) in [6.07, 6.45) is 2.11. The number of rotatable bonds is 1. The zero-order valence-corrected chi connectivity index (χ0v) is 18.0. The van der Waals surface area contributed by atoms with Gasteiger partial charge in [0.2, 0.25) is 0 Å². The largest absolute Gasteiger partial charge is 0.444 e. The molecule has 7 nitrogen and oxygen atoms in total. The number of likely N-dealkylation sites (tertiary alicyclic amines) is 1. The van der Waals surface area contributed by atoms with Crippen molar-refractivity contribution >= 4 is 44.0 Å². The highest BCUT2D eigenvalue weighted by atomic mass is 79.9. The fourth-order valence-electron chi connectivity index (χ4n) is 3.78. The van der Waals surface area contributed by atoms with Crippen LogP contribution in [0.3, 0.4) is 0 Å². The Balaban J connectivity index is 1.79. The zero-order chi connectivity index (χ0) is 20.2. The van der Waals surface area contributed by atoms with E-state index >= 15 is 0 Å². The molecule has 1 aromatic carbocycles. The molecule has 4 rings (SSSR count). The van der Waals surface area contributed by atoms with E-state index in [1.165, 1.54) is 0 Å². The molecule has 148 valence electrons. The molecule has 3 heterocycles. The van der Waals surface area contributed by atoms with Crippen LogP contribution in [0.5, 0.6) is 0 Å². The molecule has 1 atom stereocenters. The van der Waals surface area contributed by atoms with Gasteiger partial charge in [0, 0.05) is 30.0 Å². The average molecular weight is 447 g/mol. The molecule has 0 radical (unpaired) electrons. The molecule has 0 N–H and O–H groups in total. The number of amides is 1. The van der Waals surface area contributed by atoms with Crippen LogP contribution in [0.4, 0.5) is 4.79 Å². The van der Waals surface area contributed by atoms with E-state index in [1.807, 2.05) is 43.5 Å². The Morgan fingerprint density at radius 2 is 2.07 bits per heavy atom. The number of carbonyl (C=O) groups is 1. The highest BCUT2D eigenvalue weighted by molar-refractivity contribution is 9.10. The van der Waals surface area contributed by atoms with Crippen molar-refractivity contribution in [2.24, 2.45) is 7.05 Å². The minimum absolute atomic E-state index is 0.0969. The summed E-state index contributed by atoms with van der Waals surface area (Å²) < 4.78 is 9.86. The minimum Gasteiger partial charge on any atom is -0.444 e. The van der Waals surface area contributed by atoms with Gasteiger partial charge in [-0.25, -0.2) is 9.59 Å². The Labute approximate surface area is 171 Å². The third-order valence-electron chi connectivity index (χ3n) is 5.06. The summed E-state index contributed by atoms with van der Waals surface area (Å²) in [5.74, 6) is 0. The lowest BCUT2D eigenvalue weighted by atomic mass is 10.1. The molecule has 1 fully saturated rings. The van der Waals surface area contributed by atoms with Gasteiger partial charge in [-0.3, -0.25) is 14.1 Å². The van der Waals surface area contributed by atoms with Crippen molar-refractivity contribution < 1.29 is 9.53 Å². The second kappa shape index (κ2) is 6.62. The molecule has 3 aromatic rings. The molecule has 0 saturated carbocycles. The van der Waals surface area contributed by atoms with Gasteiger partial charge in [-0.05, 0) is 45.4 Å². The molecule has 28 heavy (non-hydrogen) atoms. The molecule has 2 aromatic heterocycles. The number of hydrogen-bond donors (Lipinski definition) is 0. The van der Waals surface area contributed by atoms with E-state index in [-0.39, 0.29) is 17.8 Å². The van der Waals surface area contributed by atoms with E-state index in [4.69, 9.17) is 4.74 Å². The number of carbonyl (C=O) groups excluding carboxylic acids is 1. The molecule has 0 bridgehead atoms. The third-order valence-corrected chi connectivity index (χ3v) is 5.55. The molecule has 0 unspecified atom stereocenters. The summed E-state index contributed by atoms with van der Waals surface area (Å²) in [7, 11) is 1.76. The first-order valence-electron chi connectivity index (χ1n) is 9.29. The molecule has 0 aliphatic carbocycles. The van der Waals surface area contributed by atoms with E-state index in [1.54, 1.807) is 22.7 Å². The van der Waals surface area contributed by atoms with E-state index < -0.39 is 5.60 Å². The Bertz CT molecular complexity index is 1140. The number of aryl methyl sites for hydroxylation is 1. The summed E-state index contributed by atoms with van der Waals surface area (Å²) in [6.45, 7) is 6.57. The lowest BCUT2D eigenvalue weighted by Gasteiger charge is -2.24. The van der Waals surface area contributed by atoms with Crippen LogP contribution in [0.1, 0.15) is 33.2 Å². The number of aromatic nitrogens is 3. The average Bonchev–Trinajstić information content (AvgIpc) is 3.18. The van der Waals surface area contributed by atoms with Crippen LogP contribution in [0.15, 0.2) is 33.7 Å². The van der Waals surface area contributed by atoms with Crippen LogP contribution >= 0.6 is 15.9 Å². The third kappa shape index (κ3) is 3.19. The highest BCUT2D eigenvalue weighted by Gasteiger charge is 2.33. The van der Waals surface area contributed by atoms with Crippen molar-refractivity contribution in [2.75, 3.05) is 13.1 Å². The Hall–Kier alpha value is -2.35. The Morgan fingerprint density at radius 1 is 1.32 bits per heavy atom. The molecule has 1 saturated heterocycles. The number of imidazole rings is 1. The lowest BCUT2D eigenvalue weighted by Crippen LogP contribution is -2.36. The molecule has 1 aliphatic rings. The Kier molecular flexibility index (Phi) is 4.49. The van der Waals surface area contributed by atoms with Crippen molar-refractivity contribution in [1.82, 2.24) is 19.0 Å². The second-order valence-corrected chi connectivity index (χ2v) is 9.15. The number of ether oxygens (including phenoxy) is 1. The topological polar surface area (TPSA) is 69.4 Å². The van der Waals surface area contributed by atoms with E-state index in [9.17, 15) is 9.59 Å². The van der Waals surface area contributed by atoms with Crippen molar-refractivity contribution in [2.45, 2.75) is 38.8 Å². The van der Waals surface area contributed by atoms with E-state index in [2.05, 4.69) is 20.9 Å². The molecular formula is C20H23BrN4O3. The molecule has 0 spiro atoms. The normalized spacial score (nSPS) is 17.6. The number of fused-ring (bicyclic) bond motifs is 3. The van der Waals surface area contributed by atoms with Crippen molar-refractivity contribution in [3.05, 3.63) is 39.4 Å². The smallest absolute Gasteiger partial charge is 0.410 e. The maximum atomic E-state index is 13.1. The highest BCUT2D eigenvalue weighted by Crippen LogP contribution is 2.31. The summed E-state index contributed by atoms with van der Waals surface area (Å²) >= 11 is 3.52. The van der Waals surface area contributed by atoms with Gasteiger partial charge in [-0.2, -0.15) is 0 Å². The monoisotopic (exact) mass is 446 g/mol. The number of nitrogens with zero attached hydrogens (tertiary/aromatic N) is 4. The first-order chi connectivity index (χ1) is 13.2. The number of pyridine rings is 1.